The van der Waals surface area contributed by atoms with Crippen LogP contribution in [0.2, 0.25) is 0 Å². The van der Waals surface area contributed by atoms with Crippen LogP contribution in [0.4, 0.5) is 0 Å². The summed E-state index contributed by atoms with van der Waals surface area (Å²) < 4.78 is 0. The standard InChI is InChI=1S/C14H20N2O4S/c1-9(2)7-11(14(19)20)16-12(17)3-5-15-13(18)10-4-6-21-8-10/h4,6,8-9,11H,3,5,7H2,1-2H3,(H,15,18)(H,16,17)(H,19,20). The van der Waals surface area contributed by atoms with Crippen molar-refractivity contribution < 1.29 is 19.5 Å². The Morgan fingerprint density at radius 3 is 2.57 bits per heavy atom. The normalized spacial score (nSPS) is 12.0. The van der Waals surface area contributed by atoms with Gasteiger partial charge < -0.3 is 15.7 Å². The fourth-order valence-corrected chi connectivity index (χ4v) is 2.38. The molecule has 1 atom stereocenters. The summed E-state index contributed by atoms with van der Waals surface area (Å²) >= 11 is 1.42. The highest BCUT2D eigenvalue weighted by Gasteiger charge is 2.20. The summed E-state index contributed by atoms with van der Waals surface area (Å²) in [5.41, 5.74) is 0.559. The molecule has 0 saturated carbocycles. The number of nitrogens with one attached hydrogen (secondary N) is 2. The van der Waals surface area contributed by atoms with Crippen molar-refractivity contribution in [2.75, 3.05) is 6.54 Å². The third kappa shape index (κ3) is 6.40. The van der Waals surface area contributed by atoms with Crippen LogP contribution in [0.1, 0.15) is 37.0 Å². The fourth-order valence-electron chi connectivity index (χ4n) is 1.74. The van der Waals surface area contributed by atoms with Gasteiger partial charge in [-0.1, -0.05) is 13.8 Å². The predicted molar refractivity (Wildman–Crippen MR) is 80.3 cm³/mol. The number of carboxylic acid groups (broad SMARTS) is 1. The molecule has 0 aliphatic heterocycles. The SMILES string of the molecule is CC(C)CC(NC(=O)CCNC(=O)c1ccsc1)C(=O)O. The zero-order valence-corrected chi connectivity index (χ0v) is 12.9. The largest absolute Gasteiger partial charge is 0.480 e. The molecule has 1 heterocycles. The Hall–Kier alpha value is -1.89. The lowest BCUT2D eigenvalue weighted by Crippen LogP contribution is -2.42. The molecule has 0 bridgehead atoms. The minimum Gasteiger partial charge on any atom is -0.480 e. The maximum Gasteiger partial charge on any atom is 0.326 e. The van der Waals surface area contributed by atoms with Gasteiger partial charge in [0.15, 0.2) is 0 Å². The van der Waals surface area contributed by atoms with E-state index in [1.807, 2.05) is 13.8 Å². The summed E-state index contributed by atoms with van der Waals surface area (Å²) in [6.07, 6.45) is 0.431. The Kier molecular flexibility index (Phi) is 6.87. The highest BCUT2D eigenvalue weighted by Crippen LogP contribution is 2.06. The number of hydrogen-bond donors (Lipinski definition) is 3. The zero-order valence-electron chi connectivity index (χ0n) is 12.1. The number of hydrogen-bond acceptors (Lipinski definition) is 4. The molecule has 0 saturated heterocycles. The van der Waals surface area contributed by atoms with E-state index in [4.69, 9.17) is 5.11 Å². The monoisotopic (exact) mass is 312 g/mol. The van der Waals surface area contributed by atoms with Crippen LogP contribution in [-0.2, 0) is 9.59 Å². The average molecular weight is 312 g/mol. The molecule has 0 aliphatic carbocycles. The lowest BCUT2D eigenvalue weighted by Gasteiger charge is -2.16. The summed E-state index contributed by atoms with van der Waals surface area (Å²) in [6, 6.07) is 0.813. The topological polar surface area (TPSA) is 95.5 Å². The van der Waals surface area contributed by atoms with E-state index in [9.17, 15) is 14.4 Å². The first-order valence-corrected chi connectivity index (χ1v) is 7.67. The fraction of sp³-hybridized carbons (Fsp3) is 0.500. The van der Waals surface area contributed by atoms with Crippen molar-refractivity contribution >= 4 is 29.1 Å². The van der Waals surface area contributed by atoms with Crippen molar-refractivity contribution in [1.82, 2.24) is 10.6 Å². The first-order chi connectivity index (χ1) is 9.90. The third-order valence-corrected chi connectivity index (χ3v) is 3.44. The van der Waals surface area contributed by atoms with Crippen LogP contribution >= 0.6 is 11.3 Å². The van der Waals surface area contributed by atoms with Gasteiger partial charge in [-0.3, -0.25) is 9.59 Å². The number of thiophene rings is 1. The lowest BCUT2D eigenvalue weighted by atomic mass is 10.0. The first-order valence-electron chi connectivity index (χ1n) is 6.72. The van der Waals surface area contributed by atoms with Crippen molar-refractivity contribution in [3.63, 3.8) is 0 Å². The van der Waals surface area contributed by atoms with Crippen LogP contribution in [0, 0.1) is 5.92 Å². The molecular weight excluding hydrogens is 292 g/mol. The van der Waals surface area contributed by atoms with Crippen LogP contribution in [0.25, 0.3) is 0 Å². The first kappa shape index (κ1) is 17.2. The minimum absolute atomic E-state index is 0.0533. The van der Waals surface area contributed by atoms with Crippen LogP contribution in [0.5, 0.6) is 0 Å². The maximum atomic E-state index is 11.7. The van der Waals surface area contributed by atoms with E-state index in [-0.39, 0.29) is 30.7 Å². The molecule has 1 rings (SSSR count). The van der Waals surface area contributed by atoms with Crippen LogP contribution < -0.4 is 10.6 Å². The molecule has 3 N–H and O–H groups in total. The highest BCUT2D eigenvalue weighted by molar-refractivity contribution is 7.08. The summed E-state index contributed by atoms with van der Waals surface area (Å²) in [7, 11) is 0. The van der Waals surface area contributed by atoms with Gasteiger partial charge in [-0.25, -0.2) is 4.79 Å². The van der Waals surface area contributed by atoms with Crippen molar-refractivity contribution in [3.05, 3.63) is 22.4 Å². The molecule has 21 heavy (non-hydrogen) atoms. The number of carboxylic acids is 1. The Balaban J connectivity index is 2.32. The molecule has 7 heteroatoms. The summed E-state index contributed by atoms with van der Waals surface area (Å²) in [6.45, 7) is 3.96. The average Bonchev–Trinajstić information content (AvgIpc) is 2.91. The van der Waals surface area contributed by atoms with E-state index in [2.05, 4.69) is 10.6 Å². The van der Waals surface area contributed by atoms with E-state index >= 15 is 0 Å². The second-order valence-electron chi connectivity index (χ2n) is 5.11. The molecule has 0 aromatic carbocycles. The van der Waals surface area contributed by atoms with Gasteiger partial charge in [0, 0.05) is 23.9 Å². The molecule has 116 valence electrons. The van der Waals surface area contributed by atoms with Gasteiger partial charge in [-0.2, -0.15) is 11.3 Å². The van der Waals surface area contributed by atoms with Crippen molar-refractivity contribution in [2.24, 2.45) is 5.92 Å². The number of carbonyl (C=O) groups is 3. The molecule has 1 aromatic rings. The van der Waals surface area contributed by atoms with Crippen molar-refractivity contribution in [2.45, 2.75) is 32.7 Å². The van der Waals surface area contributed by atoms with Gasteiger partial charge in [0.05, 0.1) is 0 Å². The molecule has 1 unspecified atom stereocenters. The Labute approximate surface area is 127 Å². The molecule has 0 radical (unpaired) electrons. The zero-order chi connectivity index (χ0) is 15.8. The van der Waals surface area contributed by atoms with Crippen LogP contribution in [0.3, 0.4) is 0 Å². The molecular formula is C14H20N2O4S. The second-order valence-corrected chi connectivity index (χ2v) is 5.89. The number of amides is 2. The van der Waals surface area contributed by atoms with Crippen molar-refractivity contribution in [1.29, 1.82) is 0 Å². The maximum absolute atomic E-state index is 11.7. The van der Waals surface area contributed by atoms with Crippen LogP contribution in [-0.4, -0.2) is 35.5 Å². The van der Waals surface area contributed by atoms with Crippen LogP contribution in [0.15, 0.2) is 16.8 Å². The Bertz CT molecular complexity index is 485. The quantitative estimate of drug-likeness (QED) is 0.677. The summed E-state index contributed by atoms with van der Waals surface area (Å²) in [4.78, 5) is 34.3. The molecule has 0 aliphatic rings. The number of carbonyl (C=O) groups excluding carboxylic acids is 2. The number of rotatable bonds is 8. The number of aliphatic carboxylic acids is 1. The van der Waals surface area contributed by atoms with Crippen molar-refractivity contribution in [3.8, 4) is 0 Å². The van der Waals surface area contributed by atoms with Gasteiger partial charge in [-0.05, 0) is 23.8 Å². The van der Waals surface area contributed by atoms with E-state index in [1.165, 1.54) is 11.3 Å². The van der Waals surface area contributed by atoms with E-state index in [0.29, 0.717) is 12.0 Å². The predicted octanol–water partition coefficient (Wildman–Crippen LogP) is 1.48. The van der Waals surface area contributed by atoms with E-state index in [1.54, 1.807) is 16.8 Å². The van der Waals surface area contributed by atoms with Gasteiger partial charge in [0.2, 0.25) is 5.91 Å². The van der Waals surface area contributed by atoms with E-state index in [0.717, 1.165) is 0 Å². The highest BCUT2D eigenvalue weighted by atomic mass is 32.1. The molecule has 0 fully saturated rings. The molecule has 6 nitrogen and oxygen atoms in total. The minimum atomic E-state index is -1.04. The molecule has 0 spiro atoms. The third-order valence-electron chi connectivity index (χ3n) is 2.76. The smallest absolute Gasteiger partial charge is 0.326 e. The molecule has 2 amide bonds. The van der Waals surface area contributed by atoms with Gasteiger partial charge >= 0.3 is 5.97 Å². The van der Waals surface area contributed by atoms with Gasteiger partial charge in [-0.15, -0.1) is 0 Å². The summed E-state index contributed by atoms with van der Waals surface area (Å²) in [5.74, 6) is -1.49. The summed E-state index contributed by atoms with van der Waals surface area (Å²) in [5, 5.41) is 17.6. The lowest BCUT2D eigenvalue weighted by molar-refractivity contribution is -0.142. The molecule has 1 aromatic heterocycles. The van der Waals surface area contributed by atoms with Gasteiger partial charge in [0.1, 0.15) is 6.04 Å². The van der Waals surface area contributed by atoms with E-state index < -0.39 is 12.0 Å². The Morgan fingerprint density at radius 2 is 2.05 bits per heavy atom. The second kappa shape index (κ2) is 8.41. The van der Waals surface area contributed by atoms with Gasteiger partial charge in [0.25, 0.3) is 5.91 Å². The Morgan fingerprint density at radius 1 is 1.33 bits per heavy atom.